The highest BCUT2D eigenvalue weighted by molar-refractivity contribution is 6.30. The largest absolute Gasteiger partial charge is 0.349 e. The lowest BCUT2D eigenvalue weighted by Crippen LogP contribution is -2.28. The number of carbonyl (C=O) groups is 1. The van der Waals surface area contributed by atoms with Crippen molar-refractivity contribution in [3.05, 3.63) is 70.2 Å². The molecule has 20 heavy (non-hydrogen) atoms. The standard InChI is InChI=1S/C17H18ClNO/c1-12-3-5-14(6-4-12)11-17(20)19-13(2)15-7-9-16(18)10-8-15/h3-10,13H,11H2,1-2H3,(H,19,20)/t13-/m0/s1. The third-order valence-corrected chi connectivity index (χ3v) is 3.48. The van der Waals surface area contributed by atoms with E-state index in [1.54, 1.807) is 0 Å². The Kier molecular flexibility index (Phi) is 4.80. The average Bonchev–Trinajstić information content (AvgIpc) is 2.42. The first kappa shape index (κ1) is 14.6. The number of halogens is 1. The zero-order valence-corrected chi connectivity index (χ0v) is 12.4. The molecule has 2 rings (SSSR count). The van der Waals surface area contributed by atoms with Gasteiger partial charge in [0.05, 0.1) is 12.5 Å². The Balaban J connectivity index is 1.93. The monoisotopic (exact) mass is 287 g/mol. The van der Waals surface area contributed by atoms with Crippen LogP contribution in [0.4, 0.5) is 0 Å². The van der Waals surface area contributed by atoms with Gasteiger partial charge in [-0.2, -0.15) is 0 Å². The maximum atomic E-state index is 12.0. The summed E-state index contributed by atoms with van der Waals surface area (Å²) in [4.78, 5) is 12.0. The SMILES string of the molecule is Cc1ccc(CC(=O)N[C@@H](C)c2ccc(Cl)cc2)cc1. The Bertz CT molecular complexity index is 575. The lowest BCUT2D eigenvalue weighted by molar-refractivity contribution is -0.121. The first-order valence-electron chi connectivity index (χ1n) is 6.65. The molecule has 2 aromatic rings. The van der Waals surface area contributed by atoms with Gasteiger partial charge < -0.3 is 5.32 Å². The van der Waals surface area contributed by atoms with Gasteiger partial charge in [0.1, 0.15) is 0 Å². The molecule has 0 aromatic heterocycles. The van der Waals surface area contributed by atoms with Crippen molar-refractivity contribution in [3.8, 4) is 0 Å². The predicted molar refractivity (Wildman–Crippen MR) is 82.9 cm³/mol. The summed E-state index contributed by atoms with van der Waals surface area (Å²) < 4.78 is 0. The predicted octanol–water partition coefficient (Wildman–Crippen LogP) is 4.07. The number of aryl methyl sites for hydroxylation is 1. The molecule has 0 aliphatic rings. The van der Waals surface area contributed by atoms with Crippen molar-refractivity contribution in [2.24, 2.45) is 0 Å². The zero-order valence-electron chi connectivity index (χ0n) is 11.7. The van der Waals surface area contributed by atoms with E-state index in [1.165, 1.54) is 5.56 Å². The van der Waals surface area contributed by atoms with Crippen molar-refractivity contribution < 1.29 is 4.79 Å². The van der Waals surface area contributed by atoms with Gasteiger partial charge in [-0.05, 0) is 37.1 Å². The molecule has 0 aliphatic heterocycles. The van der Waals surface area contributed by atoms with E-state index in [-0.39, 0.29) is 11.9 Å². The minimum Gasteiger partial charge on any atom is -0.349 e. The molecule has 0 fully saturated rings. The molecule has 104 valence electrons. The highest BCUT2D eigenvalue weighted by Crippen LogP contribution is 2.16. The van der Waals surface area contributed by atoms with Crippen molar-refractivity contribution in [3.63, 3.8) is 0 Å². The van der Waals surface area contributed by atoms with Gasteiger partial charge in [0.2, 0.25) is 5.91 Å². The van der Waals surface area contributed by atoms with Gasteiger partial charge in [-0.3, -0.25) is 4.79 Å². The number of hydrogen-bond donors (Lipinski definition) is 1. The second kappa shape index (κ2) is 6.58. The number of carbonyl (C=O) groups excluding carboxylic acids is 1. The van der Waals surface area contributed by atoms with Crippen LogP contribution in [0.1, 0.15) is 29.7 Å². The summed E-state index contributed by atoms with van der Waals surface area (Å²) in [7, 11) is 0. The van der Waals surface area contributed by atoms with Crippen LogP contribution >= 0.6 is 11.6 Å². The molecule has 1 atom stereocenters. The second-order valence-electron chi connectivity index (χ2n) is 5.00. The molecule has 3 heteroatoms. The van der Waals surface area contributed by atoms with Crippen LogP contribution in [-0.4, -0.2) is 5.91 Å². The molecular formula is C17H18ClNO. The van der Waals surface area contributed by atoms with E-state index < -0.39 is 0 Å². The molecule has 0 aliphatic carbocycles. The van der Waals surface area contributed by atoms with E-state index in [4.69, 9.17) is 11.6 Å². The second-order valence-corrected chi connectivity index (χ2v) is 5.44. The van der Waals surface area contributed by atoms with Gasteiger partial charge in [0.15, 0.2) is 0 Å². The van der Waals surface area contributed by atoms with Crippen LogP contribution in [0.3, 0.4) is 0 Å². The fourth-order valence-electron chi connectivity index (χ4n) is 2.02. The van der Waals surface area contributed by atoms with E-state index in [1.807, 2.05) is 62.4 Å². The summed E-state index contributed by atoms with van der Waals surface area (Å²) in [6, 6.07) is 15.5. The summed E-state index contributed by atoms with van der Waals surface area (Å²) in [5.74, 6) is 0.0244. The van der Waals surface area contributed by atoms with Crippen LogP contribution in [0, 0.1) is 6.92 Å². The third kappa shape index (κ3) is 4.10. The molecule has 0 bridgehead atoms. The molecule has 0 spiro atoms. The van der Waals surface area contributed by atoms with Crippen molar-refractivity contribution in [1.82, 2.24) is 5.32 Å². The summed E-state index contributed by atoms with van der Waals surface area (Å²) in [5, 5.41) is 3.70. The summed E-state index contributed by atoms with van der Waals surface area (Å²) in [6.07, 6.45) is 0.401. The Morgan fingerprint density at radius 3 is 2.30 bits per heavy atom. The zero-order chi connectivity index (χ0) is 14.5. The molecule has 1 amide bonds. The van der Waals surface area contributed by atoms with E-state index in [9.17, 15) is 4.79 Å². The van der Waals surface area contributed by atoms with Crippen LogP contribution in [-0.2, 0) is 11.2 Å². The fraction of sp³-hybridized carbons (Fsp3) is 0.235. The number of benzene rings is 2. The Hall–Kier alpha value is -1.80. The number of amides is 1. The molecule has 0 saturated heterocycles. The minimum absolute atomic E-state index is 0.0229. The quantitative estimate of drug-likeness (QED) is 0.902. The Labute approximate surface area is 124 Å². The first-order chi connectivity index (χ1) is 9.54. The topological polar surface area (TPSA) is 29.1 Å². The Morgan fingerprint density at radius 2 is 1.70 bits per heavy atom. The third-order valence-electron chi connectivity index (χ3n) is 3.23. The van der Waals surface area contributed by atoms with E-state index >= 15 is 0 Å². The molecule has 0 heterocycles. The van der Waals surface area contributed by atoms with Crippen LogP contribution in [0.25, 0.3) is 0 Å². The smallest absolute Gasteiger partial charge is 0.224 e. The van der Waals surface area contributed by atoms with E-state index in [2.05, 4.69) is 5.32 Å². The molecule has 0 unspecified atom stereocenters. The number of hydrogen-bond acceptors (Lipinski definition) is 1. The molecule has 1 N–H and O–H groups in total. The maximum absolute atomic E-state index is 12.0. The van der Waals surface area contributed by atoms with Gasteiger partial charge in [-0.1, -0.05) is 53.6 Å². The highest BCUT2D eigenvalue weighted by Gasteiger charge is 2.10. The molecule has 2 aromatic carbocycles. The van der Waals surface area contributed by atoms with Crippen LogP contribution in [0.2, 0.25) is 5.02 Å². The summed E-state index contributed by atoms with van der Waals surface area (Å²) in [6.45, 7) is 4.00. The van der Waals surface area contributed by atoms with Gasteiger partial charge >= 0.3 is 0 Å². The van der Waals surface area contributed by atoms with Crippen LogP contribution in [0.5, 0.6) is 0 Å². The molecule has 0 radical (unpaired) electrons. The van der Waals surface area contributed by atoms with Crippen molar-refractivity contribution in [2.75, 3.05) is 0 Å². The average molecular weight is 288 g/mol. The van der Waals surface area contributed by atoms with Crippen molar-refractivity contribution >= 4 is 17.5 Å². The van der Waals surface area contributed by atoms with Gasteiger partial charge in [0, 0.05) is 5.02 Å². The van der Waals surface area contributed by atoms with Crippen LogP contribution in [0.15, 0.2) is 48.5 Å². The molecule has 0 saturated carbocycles. The fourth-order valence-corrected chi connectivity index (χ4v) is 2.14. The minimum atomic E-state index is -0.0229. The number of rotatable bonds is 4. The Morgan fingerprint density at radius 1 is 1.10 bits per heavy atom. The summed E-state index contributed by atoms with van der Waals surface area (Å²) >= 11 is 5.85. The van der Waals surface area contributed by atoms with Crippen molar-refractivity contribution in [1.29, 1.82) is 0 Å². The van der Waals surface area contributed by atoms with Crippen molar-refractivity contribution in [2.45, 2.75) is 26.3 Å². The number of nitrogens with one attached hydrogen (secondary N) is 1. The first-order valence-corrected chi connectivity index (χ1v) is 7.03. The van der Waals surface area contributed by atoms with Crippen LogP contribution < -0.4 is 5.32 Å². The van der Waals surface area contributed by atoms with Gasteiger partial charge in [-0.15, -0.1) is 0 Å². The summed E-state index contributed by atoms with van der Waals surface area (Å²) in [5.41, 5.74) is 3.27. The normalized spacial score (nSPS) is 11.9. The maximum Gasteiger partial charge on any atom is 0.224 e. The van der Waals surface area contributed by atoms with E-state index in [0.29, 0.717) is 11.4 Å². The highest BCUT2D eigenvalue weighted by atomic mass is 35.5. The molecule has 2 nitrogen and oxygen atoms in total. The lowest BCUT2D eigenvalue weighted by atomic mass is 10.1. The van der Waals surface area contributed by atoms with E-state index in [0.717, 1.165) is 11.1 Å². The van der Waals surface area contributed by atoms with Gasteiger partial charge in [0.25, 0.3) is 0 Å². The molecular weight excluding hydrogens is 270 g/mol. The van der Waals surface area contributed by atoms with Gasteiger partial charge in [-0.25, -0.2) is 0 Å². The lowest BCUT2D eigenvalue weighted by Gasteiger charge is -2.14.